The largest absolute Gasteiger partial charge is 0.494 e. The maximum Gasteiger partial charge on any atom is 0.418 e. The number of hydrogen-bond donors (Lipinski definition) is 2. The highest BCUT2D eigenvalue weighted by Gasteiger charge is 2.34. The number of alkyl halides is 3. The van der Waals surface area contributed by atoms with Gasteiger partial charge >= 0.3 is 6.18 Å². The van der Waals surface area contributed by atoms with Gasteiger partial charge < -0.3 is 15.5 Å². The molecule has 2 aromatic carbocycles. The molecule has 3 rings (SSSR count). The van der Waals surface area contributed by atoms with Crippen LogP contribution in [0.1, 0.15) is 43.7 Å². The molecule has 0 bridgehead atoms. The van der Waals surface area contributed by atoms with E-state index in [-0.39, 0.29) is 5.52 Å². The monoisotopic (exact) mass is 438 g/mol. The summed E-state index contributed by atoms with van der Waals surface area (Å²) in [5.74, 6) is 0.738. The fourth-order valence-electron chi connectivity index (χ4n) is 3.56. The molecular formula is C23H26ClF3N2O. The van der Waals surface area contributed by atoms with Crippen molar-refractivity contribution in [3.05, 3.63) is 52.5 Å². The molecule has 0 aliphatic heterocycles. The zero-order chi connectivity index (χ0) is 21.7. The molecule has 30 heavy (non-hydrogen) atoms. The van der Waals surface area contributed by atoms with Crippen LogP contribution in [0.3, 0.4) is 0 Å². The maximum atomic E-state index is 13.6. The first-order chi connectivity index (χ1) is 14.4. The smallest absolute Gasteiger partial charge is 0.418 e. The van der Waals surface area contributed by atoms with E-state index in [0.717, 1.165) is 48.6 Å². The molecule has 0 amide bonds. The number of aryl methyl sites for hydroxylation is 1. The van der Waals surface area contributed by atoms with Gasteiger partial charge in [-0.25, -0.2) is 0 Å². The van der Waals surface area contributed by atoms with Gasteiger partial charge in [-0.05, 0) is 79.8 Å². The molecule has 0 fully saturated rings. The third kappa shape index (κ3) is 4.93. The van der Waals surface area contributed by atoms with Crippen molar-refractivity contribution in [1.29, 1.82) is 0 Å². The van der Waals surface area contributed by atoms with Crippen LogP contribution in [-0.4, -0.2) is 18.1 Å². The number of H-pyrrole nitrogens is 1. The third-order valence-electron chi connectivity index (χ3n) is 5.10. The molecule has 0 spiro atoms. The molecule has 3 aromatic rings. The van der Waals surface area contributed by atoms with Crippen LogP contribution in [0.5, 0.6) is 5.75 Å². The van der Waals surface area contributed by atoms with Gasteiger partial charge in [-0.15, -0.1) is 0 Å². The van der Waals surface area contributed by atoms with Crippen molar-refractivity contribution < 1.29 is 17.9 Å². The van der Waals surface area contributed by atoms with E-state index >= 15 is 0 Å². The van der Waals surface area contributed by atoms with Crippen molar-refractivity contribution in [3.63, 3.8) is 0 Å². The van der Waals surface area contributed by atoms with Crippen LogP contribution in [0.2, 0.25) is 5.02 Å². The molecule has 0 unspecified atom stereocenters. The first kappa shape index (κ1) is 22.5. The summed E-state index contributed by atoms with van der Waals surface area (Å²) in [7, 11) is 0. The Morgan fingerprint density at radius 3 is 2.40 bits per heavy atom. The minimum atomic E-state index is -4.48. The normalized spacial score (nSPS) is 11.9. The molecule has 3 nitrogen and oxygen atoms in total. The molecule has 0 saturated heterocycles. The number of hydrogen-bond acceptors (Lipinski definition) is 2. The summed E-state index contributed by atoms with van der Waals surface area (Å²) in [4.78, 5) is 3.02. The number of nitrogens with two attached hydrogens (primary N) is 1. The van der Waals surface area contributed by atoms with E-state index in [4.69, 9.17) is 22.1 Å². The summed E-state index contributed by atoms with van der Waals surface area (Å²) in [6, 6.07) is 9.75. The van der Waals surface area contributed by atoms with E-state index in [1.807, 2.05) is 24.3 Å². The quantitative estimate of drug-likeness (QED) is 0.354. The number of aromatic nitrogens is 1. The van der Waals surface area contributed by atoms with Crippen molar-refractivity contribution in [2.24, 2.45) is 5.73 Å². The molecule has 162 valence electrons. The second-order valence-electron chi connectivity index (χ2n) is 7.29. The number of nitrogens with one attached hydrogen (secondary N) is 1. The number of rotatable bonds is 9. The van der Waals surface area contributed by atoms with Crippen LogP contribution in [0.4, 0.5) is 13.2 Å². The Morgan fingerprint density at radius 1 is 1.03 bits per heavy atom. The standard InChI is InChI=1S/C23H26ClF3N2O/c1-2-3-14-30-16-9-7-15(8-10-16)21-17(6-4-5-13-28)20-19(24)12-11-18(22(20)29-21)23(25,26)27/h7-12,29H,2-6,13-14,28H2,1H3. The van der Waals surface area contributed by atoms with Crippen LogP contribution < -0.4 is 10.5 Å². The number of benzene rings is 2. The molecule has 1 aromatic heterocycles. The van der Waals surface area contributed by atoms with Gasteiger partial charge in [0, 0.05) is 11.1 Å². The third-order valence-corrected chi connectivity index (χ3v) is 5.42. The van der Waals surface area contributed by atoms with Crippen LogP contribution in [-0.2, 0) is 12.6 Å². The molecule has 7 heteroatoms. The first-order valence-electron chi connectivity index (χ1n) is 10.2. The summed E-state index contributed by atoms with van der Waals surface area (Å²) >= 11 is 6.36. The minimum Gasteiger partial charge on any atom is -0.494 e. The molecular weight excluding hydrogens is 413 g/mol. The highest BCUT2D eigenvalue weighted by Crippen LogP contribution is 2.42. The lowest BCUT2D eigenvalue weighted by atomic mass is 9.99. The fraction of sp³-hybridized carbons (Fsp3) is 0.391. The predicted molar refractivity (Wildman–Crippen MR) is 116 cm³/mol. The molecule has 0 aliphatic carbocycles. The maximum absolute atomic E-state index is 13.6. The number of halogens is 4. The Labute approximate surface area is 179 Å². The molecule has 0 saturated carbocycles. The lowest BCUT2D eigenvalue weighted by Crippen LogP contribution is -2.05. The molecule has 1 heterocycles. The van der Waals surface area contributed by atoms with Crippen molar-refractivity contribution in [3.8, 4) is 17.0 Å². The second kappa shape index (κ2) is 9.75. The van der Waals surface area contributed by atoms with E-state index in [9.17, 15) is 13.2 Å². The van der Waals surface area contributed by atoms with E-state index in [1.54, 1.807) is 0 Å². The fourth-order valence-corrected chi connectivity index (χ4v) is 3.83. The molecule has 0 radical (unpaired) electrons. The summed E-state index contributed by atoms with van der Waals surface area (Å²) in [6.07, 6.45) is -0.331. The number of aromatic amines is 1. The van der Waals surface area contributed by atoms with Gasteiger partial charge in [0.1, 0.15) is 5.75 Å². The first-order valence-corrected chi connectivity index (χ1v) is 10.6. The Bertz CT molecular complexity index is 981. The van der Waals surface area contributed by atoms with Crippen LogP contribution in [0.25, 0.3) is 22.2 Å². The van der Waals surface area contributed by atoms with E-state index in [1.165, 1.54) is 6.07 Å². The summed E-state index contributed by atoms with van der Waals surface area (Å²) in [5.41, 5.74) is 7.15. The zero-order valence-corrected chi connectivity index (χ0v) is 17.7. The Hall–Kier alpha value is -2.18. The lowest BCUT2D eigenvalue weighted by Gasteiger charge is -2.09. The molecule has 0 atom stereocenters. The molecule has 3 N–H and O–H groups in total. The van der Waals surface area contributed by atoms with Gasteiger partial charge in [-0.3, -0.25) is 0 Å². The van der Waals surface area contributed by atoms with Crippen molar-refractivity contribution >= 4 is 22.5 Å². The van der Waals surface area contributed by atoms with Gasteiger partial charge in [0.05, 0.1) is 22.7 Å². The van der Waals surface area contributed by atoms with Crippen molar-refractivity contribution in [1.82, 2.24) is 4.98 Å². The minimum absolute atomic E-state index is 0.0241. The van der Waals surface area contributed by atoms with Gasteiger partial charge in [0.25, 0.3) is 0 Å². The Morgan fingerprint density at radius 2 is 1.77 bits per heavy atom. The van der Waals surface area contributed by atoms with Crippen LogP contribution >= 0.6 is 11.6 Å². The Balaban J connectivity index is 2.08. The van der Waals surface area contributed by atoms with Crippen molar-refractivity contribution in [2.45, 2.75) is 45.2 Å². The number of unbranched alkanes of at least 4 members (excludes halogenated alkanes) is 2. The second-order valence-corrected chi connectivity index (χ2v) is 7.70. The topological polar surface area (TPSA) is 51.0 Å². The highest BCUT2D eigenvalue weighted by atomic mass is 35.5. The Kier molecular flexibility index (Phi) is 7.32. The summed E-state index contributed by atoms with van der Waals surface area (Å²) in [6.45, 7) is 3.26. The van der Waals surface area contributed by atoms with Gasteiger partial charge in [-0.1, -0.05) is 24.9 Å². The van der Waals surface area contributed by atoms with Crippen LogP contribution in [0, 0.1) is 0 Å². The van der Waals surface area contributed by atoms with E-state index < -0.39 is 11.7 Å². The van der Waals surface area contributed by atoms with Gasteiger partial charge in [0.2, 0.25) is 0 Å². The number of ether oxygens (including phenoxy) is 1. The van der Waals surface area contributed by atoms with Crippen LogP contribution in [0.15, 0.2) is 36.4 Å². The van der Waals surface area contributed by atoms with Gasteiger partial charge in [-0.2, -0.15) is 13.2 Å². The number of fused-ring (bicyclic) bond motifs is 1. The van der Waals surface area contributed by atoms with Gasteiger partial charge in [0.15, 0.2) is 0 Å². The zero-order valence-electron chi connectivity index (χ0n) is 16.9. The van der Waals surface area contributed by atoms with E-state index in [0.29, 0.717) is 35.7 Å². The highest BCUT2D eigenvalue weighted by molar-refractivity contribution is 6.36. The SMILES string of the molecule is CCCCOc1ccc(-c2[nH]c3c(C(F)(F)F)ccc(Cl)c3c2CCCCN)cc1. The average Bonchev–Trinajstić information content (AvgIpc) is 3.08. The van der Waals surface area contributed by atoms with E-state index in [2.05, 4.69) is 11.9 Å². The predicted octanol–water partition coefficient (Wildman–Crippen LogP) is 6.97. The molecule has 0 aliphatic rings. The summed E-state index contributed by atoms with van der Waals surface area (Å²) in [5, 5.41) is 0.740. The van der Waals surface area contributed by atoms with Crippen molar-refractivity contribution in [2.75, 3.05) is 13.2 Å². The average molecular weight is 439 g/mol. The summed E-state index contributed by atoms with van der Waals surface area (Å²) < 4.78 is 46.5. The lowest BCUT2D eigenvalue weighted by molar-refractivity contribution is -0.136.